The van der Waals surface area contributed by atoms with Crippen molar-refractivity contribution in [3.63, 3.8) is 0 Å². The van der Waals surface area contributed by atoms with Gasteiger partial charge in [-0.15, -0.1) is 0 Å². The lowest BCUT2D eigenvalue weighted by Crippen LogP contribution is -2.51. The molecule has 1 aliphatic heterocycles. The van der Waals surface area contributed by atoms with Gasteiger partial charge in [-0.25, -0.2) is 13.2 Å². The molecule has 2 amide bonds. The van der Waals surface area contributed by atoms with E-state index in [4.69, 9.17) is 4.74 Å². The smallest absolute Gasteiger partial charge is 0.410 e. The van der Waals surface area contributed by atoms with Gasteiger partial charge >= 0.3 is 6.09 Å². The van der Waals surface area contributed by atoms with Gasteiger partial charge < -0.3 is 15.0 Å². The largest absolute Gasteiger partial charge is 0.444 e. The Hall–Kier alpha value is -2.17. The zero-order valence-corrected chi connectivity index (χ0v) is 21.5. The summed E-state index contributed by atoms with van der Waals surface area (Å²) in [6.07, 6.45) is -0.300. The van der Waals surface area contributed by atoms with Gasteiger partial charge in [0.05, 0.1) is 4.90 Å². The van der Waals surface area contributed by atoms with Crippen LogP contribution in [0.25, 0.3) is 0 Å². The lowest BCUT2D eigenvalue weighted by atomic mass is 10.1. The Morgan fingerprint density at radius 2 is 1.70 bits per heavy atom. The first-order valence-electron chi connectivity index (χ1n) is 11.5. The van der Waals surface area contributed by atoms with Gasteiger partial charge in [-0.3, -0.25) is 9.69 Å². The van der Waals surface area contributed by atoms with E-state index in [1.807, 2.05) is 20.8 Å². The Morgan fingerprint density at radius 1 is 1.09 bits per heavy atom. The highest BCUT2D eigenvalue weighted by Crippen LogP contribution is 2.19. The first kappa shape index (κ1) is 27.1. The Morgan fingerprint density at radius 3 is 2.24 bits per heavy atom. The second-order valence-corrected chi connectivity index (χ2v) is 11.1. The van der Waals surface area contributed by atoms with Gasteiger partial charge in [0.15, 0.2) is 0 Å². The number of carbonyl (C=O) groups excluding carboxylic acids is 2. The Labute approximate surface area is 198 Å². The van der Waals surface area contributed by atoms with Crippen molar-refractivity contribution < 1.29 is 22.7 Å². The number of piperazine rings is 1. The normalized spacial score (nSPS) is 15.5. The maximum Gasteiger partial charge on any atom is 0.410 e. The number of amides is 2. The van der Waals surface area contributed by atoms with Crippen LogP contribution in [0.2, 0.25) is 0 Å². The number of hydrogen-bond donors (Lipinski definition) is 1. The molecule has 1 aromatic carbocycles. The average molecular weight is 483 g/mol. The SMILES string of the molecule is CCN(CC)S(=O)(=O)c1ccc(C)c(C(=O)NCCN2CCN(C(=O)OC(C)(C)C)CC2)c1. The first-order chi connectivity index (χ1) is 15.4. The molecule has 0 aliphatic carbocycles. The summed E-state index contributed by atoms with van der Waals surface area (Å²) in [7, 11) is -3.63. The molecule has 0 aromatic heterocycles. The summed E-state index contributed by atoms with van der Waals surface area (Å²) < 4.78 is 32.4. The number of carbonyl (C=O) groups is 2. The van der Waals surface area contributed by atoms with Gasteiger partial charge in [0.25, 0.3) is 5.91 Å². The summed E-state index contributed by atoms with van der Waals surface area (Å²) in [6.45, 7) is 15.3. The second kappa shape index (κ2) is 11.3. The van der Waals surface area contributed by atoms with Crippen molar-refractivity contribution in [2.45, 2.75) is 52.0 Å². The highest BCUT2D eigenvalue weighted by atomic mass is 32.2. The van der Waals surface area contributed by atoms with E-state index in [-0.39, 0.29) is 16.9 Å². The highest BCUT2D eigenvalue weighted by molar-refractivity contribution is 7.89. The Kier molecular flexibility index (Phi) is 9.28. The summed E-state index contributed by atoms with van der Waals surface area (Å²) in [6, 6.07) is 4.67. The second-order valence-electron chi connectivity index (χ2n) is 9.13. The molecule has 1 saturated heterocycles. The molecule has 1 aliphatic rings. The van der Waals surface area contributed by atoms with Gasteiger partial charge in [-0.05, 0) is 45.4 Å². The van der Waals surface area contributed by atoms with Crippen molar-refractivity contribution in [3.05, 3.63) is 29.3 Å². The maximum absolute atomic E-state index is 12.8. The van der Waals surface area contributed by atoms with Crippen molar-refractivity contribution in [1.29, 1.82) is 0 Å². The predicted octanol–water partition coefficient (Wildman–Crippen LogP) is 2.31. The number of ether oxygens (including phenoxy) is 1. The lowest BCUT2D eigenvalue weighted by molar-refractivity contribution is 0.0147. The molecule has 33 heavy (non-hydrogen) atoms. The van der Waals surface area contributed by atoms with E-state index in [0.717, 1.165) is 5.56 Å². The van der Waals surface area contributed by atoms with Crippen LogP contribution in [0.3, 0.4) is 0 Å². The summed E-state index contributed by atoms with van der Waals surface area (Å²) in [5.74, 6) is -0.295. The molecule has 2 rings (SSSR count). The van der Waals surface area contributed by atoms with Crippen LogP contribution < -0.4 is 5.32 Å². The quantitative estimate of drug-likeness (QED) is 0.610. The van der Waals surface area contributed by atoms with E-state index < -0.39 is 15.6 Å². The third-order valence-electron chi connectivity index (χ3n) is 5.53. The fourth-order valence-electron chi connectivity index (χ4n) is 3.62. The van der Waals surface area contributed by atoms with Crippen LogP contribution in [-0.2, 0) is 14.8 Å². The zero-order chi connectivity index (χ0) is 24.8. The van der Waals surface area contributed by atoms with Crippen LogP contribution >= 0.6 is 0 Å². The van der Waals surface area contributed by atoms with Crippen molar-refractivity contribution in [3.8, 4) is 0 Å². The van der Waals surface area contributed by atoms with E-state index in [2.05, 4.69) is 10.2 Å². The molecule has 1 aromatic rings. The van der Waals surface area contributed by atoms with Crippen LogP contribution in [0.15, 0.2) is 23.1 Å². The zero-order valence-electron chi connectivity index (χ0n) is 20.7. The minimum atomic E-state index is -3.63. The molecule has 0 unspecified atom stereocenters. The van der Waals surface area contributed by atoms with E-state index in [1.165, 1.54) is 10.4 Å². The van der Waals surface area contributed by atoms with Gasteiger partial charge in [0.1, 0.15) is 5.60 Å². The van der Waals surface area contributed by atoms with Crippen LogP contribution in [-0.4, -0.2) is 92.5 Å². The van der Waals surface area contributed by atoms with Gasteiger partial charge in [-0.1, -0.05) is 19.9 Å². The molecular formula is C23H38N4O5S. The minimum absolute atomic E-state index is 0.125. The molecular weight excluding hydrogens is 444 g/mol. The Bertz CT molecular complexity index is 931. The van der Waals surface area contributed by atoms with Crippen molar-refractivity contribution >= 4 is 22.0 Å². The Balaban J connectivity index is 1.90. The molecule has 0 spiro atoms. The maximum atomic E-state index is 12.8. The third-order valence-corrected chi connectivity index (χ3v) is 7.58. The summed E-state index contributed by atoms with van der Waals surface area (Å²) in [5.41, 5.74) is 0.563. The summed E-state index contributed by atoms with van der Waals surface area (Å²) in [5, 5.41) is 2.89. The number of hydrogen-bond acceptors (Lipinski definition) is 6. The highest BCUT2D eigenvalue weighted by Gasteiger charge is 2.26. The van der Waals surface area contributed by atoms with Gasteiger partial charge in [0, 0.05) is 57.9 Å². The van der Waals surface area contributed by atoms with E-state index >= 15 is 0 Å². The molecule has 1 N–H and O–H groups in total. The standard InChI is InChI=1S/C23H38N4O5S/c1-7-27(8-2)33(30,31)19-10-9-18(3)20(17-19)21(28)24-11-12-25-13-15-26(16-14-25)22(29)32-23(4,5)6/h9-10,17H,7-8,11-16H2,1-6H3,(H,24,28). The number of sulfonamides is 1. The monoisotopic (exact) mass is 482 g/mol. The van der Waals surface area contributed by atoms with Crippen molar-refractivity contribution in [1.82, 2.24) is 19.4 Å². The molecule has 186 valence electrons. The van der Waals surface area contributed by atoms with E-state index in [1.54, 1.807) is 37.8 Å². The third kappa shape index (κ3) is 7.41. The van der Waals surface area contributed by atoms with Crippen LogP contribution in [0.5, 0.6) is 0 Å². The fourth-order valence-corrected chi connectivity index (χ4v) is 5.11. The van der Waals surface area contributed by atoms with Crippen molar-refractivity contribution in [2.24, 2.45) is 0 Å². The first-order valence-corrected chi connectivity index (χ1v) is 12.9. The molecule has 10 heteroatoms. The molecule has 1 heterocycles. The molecule has 0 radical (unpaired) electrons. The molecule has 1 fully saturated rings. The lowest BCUT2D eigenvalue weighted by Gasteiger charge is -2.35. The summed E-state index contributed by atoms with van der Waals surface area (Å²) in [4.78, 5) is 28.9. The van der Waals surface area contributed by atoms with E-state index in [0.29, 0.717) is 57.9 Å². The minimum Gasteiger partial charge on any atom is -0.444 e. The topological polar surface area (TPSA) is 99.3 Å². The predicted molar refractivity (Wildman–Crippen MR) is 128 cm³/mol. The number of benzene rings is 1. The fraction of sp³-hybridized carbons (Fsp3) is 0.652. The van der Waals surface area contributed by atoms with Crippen LogP contribution in [0, 0.1) is 6.92 Å². The van der Waals surface area contributed by atoms with Gasteiger partial charge in [-0.2, -0.15) is 4.31 Å². The molecule has 9 nitrogen and oxygen atoms in total. The molecule has 0 bridgehead atoms. The number of nitrogens with one attached hydrogen (secondary N) is 1. The van der Waals surface area contributed by atoms with Crippen molar-refractivity contribution in [2.75, 3.05) is 52.4 Å². The number of rotatable bonds is 8. The molecule has 0 saturated carbocycles. The average Bonchev–Trinajstić information content (AvgIpc) is 2.73. The summed E-state index contributed by atoms with van der Waals surface area (Å²) >= 11 is 0. The van der Waals surface area contributed by atoms with Crippen LogP contribution in [0.4, 0.5) is 4.79 Å². The van der Waals surface area contributed by atoms with Gasteiger partial charge in [0.2, 0.25) is 10.0 Å². The van der Waals surface area contributed by atoms with Crippen LogP contribution in [0.1, 0.15) is 50.5 Å². The van der Waals surface area contributed by atoms with E-state index in [9.17, 15) is 18.0 Å². The number of nitrogens with zero attached hydrogens (tertiary/aromatic N) is 3. The number of aryl methyl sites for hydroxylation is 1. The molecule has 0 atom stereocenters.